The number of likely N-dealkylation sites (tertiary alicyclic amines) is 1. The van der Waals surface area contributed by atoms with Gasteiger partial charge in [-0.05, 0) is 32.1 Å². The lowest BCUT2D eigenvalue weighted by Crippen LogP contribution is -2.49. The fourth-order valence-corrected chi connectivity index (χ4v) is 2.94. The summed E-state index contributed by atoms with van der Waals surface area (Å²) in [6.45, 7) is 7.90. The van der Waals surface area contributed by atoms with Crippen molar-refractivity contribution in [2.75, 3.05) is 13.1 Å². The summed E-state index contributed by atoms with van der Waals surface area (Å²) in [7, 11) is 0. The van der Waals surface area contributed by atoms with Crippen LogP contribution in [0, 0.1) is 5.92 Å². The Kier molecular flexibility index (Phi) is 9.17. The van der Waals surface area contributed by atoms with Gasteiger partial charge in [-0.15, -0.1) is 0 Å². The Hall–Kier alpha value is -1.06. The van der Waals surface area contributed by atoms with Crippen molar-refractivity contribution in [1.82, 2.24) is 10.2 Å². The molecule has 1 atom stereocenters. The molecule has 0 radical (unpaired) electrons. The van der Waals surface area contributed by atoms with Gasteiger partial charge in [0.25, 0.3) is 0 Å². The molecular formula is C18H34N2O2. The minimum absolute atomic E-state index is 0.0155. The molecule has 1 N–H and O–H groups in total. The van der Waals surface area contributed by atoms with Crippen molar-refractivity contribution in [3.05, 3.63) is 0 Å². The van der Waals surface area contributed by atoms with Gasteiger partial charge in [-0.2, -0.15) is 0 Å². The van der Waals surface area contributed by atoms with Gasteiger partial charge in [-0.3, -0.25) is 9.59 Å². The van der Waals surface area contributed by atoms with Gasteiger partial charge in [0, 0.05) is 19.5 Å². The molecule has 0 aliphatic carbocycles. The second-order valence-corrected chi connectivity index (χ2v) is 6.81. The number of carbonyl (C=O) groups is 2. The molecule has 0 saturated carbocycles. The molecule has 1 aliphatic heterocycles. The largest absolute Gasteiger partial charge is 0.345 e. The molecule has 1 unspecified atom stereocenters. The normalized spacial score (nSPS) is 17.3. The van der Waals surface area contributed by atoms with Crippen molar-refractivity contribution in [3.63, 3.8) is 0 Å². The molecule has 0 bridgehead atoms. The molecule has 0 spiro atoms. The Morgan fingerprint density at radius 3 is 2.32 bits per heavy atom. The molecule has 1 heterocycles. The minimum Gasteiger partial charge on any atom is -0.345 e. The number of hydrogen-bond donors (Lipinski definition) is 1. The van der Waals surface area contributed by atoms with E-state index in [-0.39, 0.29) is 17.9 Å². The van der Waals surface area contributed by atoms with Crippen molar-refractivity contribution < 1.29 is 9.59 Å². The van der Waals surface area contributed by atoms with Crippen molar-refractivity contribution in [3.8, 4) is 0 Å². The number of carbonyl (C=O) groups excluding carboxylic acids is 2. The SMILES string of the molecule is CCCCCCCCC(=O)NC(C)C(=O)N1CCC(C)CC1. The van der Waals surface area contributed by atoms with Gasteiger partial charge in [0.15, 0.2) is 0 Å². The summed E-state index contributed by atoms with van der Waals surface area (Å²) in [5.74, 6) is 0.798. The molecule has 2 amide bonds. The van der Waals surface area contributed by atoms with Crippen molar-refractivity contribution in [2.24, 2.45) is 5.92 Å². The Bertz CT molecular complexity index is 336. The zero-order valence-electron chi connectivity index (χ0n) is 14.7. The average Bonchev–Trinajstić information content (AvgIpc) is 2.50. The summed E-state index contributed by atoms with van der Waals surface area (Å²) in [6, 6.07) is -0.388. The second kappa shape index (κ2) is 10.6. The zero-order valence-corrected chi connectivity index (χ0v) is 14.7. The molecule has 1 saturated heterocycles. The van der Waals surface area contributed by atoms with Crippen LogP contribution < -0.4 is 5.32 Å². The first-order valence-electron chi connectivity index (χ1n) is 9.12. The first-order chi connectivity index (χ1) is 10.5. The zero-order chi connectivity index (χ0) is 16.4. The molecule has 0 aromatic carbocycles. The van der Waals surface area contributed by atoms with Crippen LogP contribution in [-0.2, 0) is 9.59 Å². The quantitative estimate of drug-likeness (QED) is 0.663. The second-order valence-electron chi connectivity index (χ2n) is 6.81. The molecule has 1 fully saturated rings. The summed E-state index contributed by atoms with van der Waals surface area (Å²) in [4.78, 5) is 26.1. The van der Waals surface area contributed by atoms with Crippen LogP contribution in [-0.4, -0.2) is 35.8 Å². The molecule has 0 aromatic heterocycles. The first-order valence-corrected chi connectivity index (χ1v) is 9.12. The lowest BCUT2D eigenvalue weighted by atomic mass is 9.99. The first kappa shape index (κ1) is 19.0. The van der Waals surface area contributed by atoms with Gasteiger partial charge >= 0.3 is 0 Å². The topological polar surface area (TPSA) is 49.4 Å². The highest BCUT2D eigenvalue weighted by Crippen LogP contribution is 2.16. The van der Waals surface area contributed by atoms with Crippen LogP contribution in [0.25, 0.3) is 0 Å². The third-order valence-electron chi connectivity index (χ3n) is 4.60. The summed E-state index contributed by atoms with van der Waals surface area (Å²) in [5, 5.41) is 2.86. The molecule has 1 rings (SSSR count). The number of unbranched alkanes of at least 4 members (excludes halogenated alkanes) is 5. The lowest BCUT2D eigenvalue weighted by Gasteiger charge is -2.32. The van der Waals surface area contributed by atoms with Crippen LogP contribution in [0.2, 0.25) is 0 Å². The number of nitrogens with zero attached hydrogens (tertiary/aromatic N) is 1. The van der Waals surface area contributed by atoms with Crippen LogP contribution in [0.1, 0.15) is 78.6 Å². The Morgan fingerprint density at radius 2 is 1.68 bits per heavy atom. The number of piperidine rings is 1. The standard InChI is InChI=1S/C18H34N2O2/c1-4-5-6-7-8-9-10-17(21)19-16(3)18(22)20-13-11-15(2)12-14-20/h15-16H,4-14H2,1-3H3,(H,19,21). The molecule has 0 aromatic rings. The van der Waals surface area contributed by atoms with Crippen LogP contribution in [0.4, 0.5) is 0 Å². The summed E-state index contributed by atoms with van der Waals surface area (Å²) in [6.07, 6.45) is 9.73. The highest BCUT2D eigenvalue weighted by Gasteiger charge is 2.25. The molecule has 22 heavy (non-hydrogen) atoms. The number of hydrogen-bond acceptors (Lipinski definition) is 2. The van der Waals surface area contributed by atoms with E-state index in [4.69, 9.17) is 0 Å². The van der Waals surface area contributed by atoms with E-state index in [1.165, 1.54) is 25.7 Å². The van der Waals surface area contributed by atoms with E-state index in [9.17, 15) is 9.59 Å². The highest BCUT2D eigenvalue weighted by atomic mass is 16.2. The summed E-state index contributed by atoms with van der Waals surface area (Å²) >= 11 is 0. The van der Waals surface area contributed by atoms with Crippen LogP contribution >= 0.6 is 0 Å². The van der Waals surface area contributed by atoms with E-state index >= 15 is 0 Å². The third-order valence-corrected chi connectivity index (χ3v) is 4.60. The maximum atomic E-state index is 12.3. The van der Waals surface area contributed by atoms with Gasteiger partial charge in [0.1, 0.15) is 6.04 Å². The van der Waals surface area contributed by atoms with E-state index in [1.807, 2.05) is 4.90 Å². The smallest absolute Gasteiger partial charge is 0.244 e. The minimum atomic E-state index is -0.388. The third kappa shape index (κ3) is 7.28. The number of nitrogens with one attached hydrogen (secondary N) is 1. The van der Waals surface area contributed by atoms with Crippen molar-refractivity contribution in [1.29, 1.82) is 0 Å². The summed E-state index contributed by atoms with van der Waals surface area (Å²) < 4.78 is 0. The lowest BCUT2D eigenvalue weighted by molar-refractivity contribution is -0.137. The van der Waals surface area contributed by atoms with Gasteiger partial charge in [-0.25, -0.2) is 0 Å². The van der Waals surface area contributed by atoms with Gasteiger partial charge in [-0.1, -0.05) is 46.0 Å². The van der Waals surface area contributed by atoms with Gasteiger partial charge < -0.3 is 10.2 Å². The van der Waals surface area contributed by atoms with Crippen LogP contribution in [0.3, 0.4) is 0 Å². The van der Waals surface area contributed by atoms with Gasteiger partial charge in [0.2, 0.25) is 11.8 Å². The van der Waals surface area contributed by atoms with Crippen LogP contribution in [0.5, 0.6) is 0 Å². The number of rotatable bonds is 9. The number of amides is 2. The van der Waals surface area contributed by atoms with E-state index in [0.29, 0.717) is 12.3 Å². The molecule has 1 aliphatic rings. The summed E-state index contributed by atoms with van der Waals surface area (Å²) in [5.41, 5.74) is 0. The predicted molar refractivity (Wildman–Crippen MR) is 90.6 cm³/mol. The van der Waals surface area contributed by atoms with Crippen molar-refractivity contribution >= 4 is 11.8 Å². The van der Waals surface area contributed by atoms with E-state index in [1.54, 1.807) is 6.92 Å². The fourth-order valence-electron chi connectivity index (χ4n) is 2.94. The monoisotopic (exact) mass is 310 g/mol. The Balaban J connectivity index is 2.16. The van der Waals surface area contributed by atoms with Crippen molar-refractivity contribution in [2.45, 2.75) is 84.6 Å². The molecular weight excluding hydrogens is 276 g/mol. The van der Waals surface area contributed by atoms with Crippen LogP contribution in [0.15, 0.2) is 0 Å². The van der Waals surface area contributed by atoms with E-state index in [0.717, 1.165) is 38.8 Å². The molecule has 4 nitrogen and oxygen atoms in total. The molecule has 128 valence electrons. The maximum Gasteiger partial charge on any atom is 0.244 e. The molecule has 4 heteroatoms. The highest BCUT2D eigenvalue weighted by molar-refractivity contribution is 5.87. The Labute approximate surface area is 136 Å². The predicted octanol–water partition coefficient (Wildman–Crippen LogP) is 3.50. The Morgan fingerprint density at radius 1 is 1.09 bits per heavy atom. The average molecular weight is 310 g/mol. The van der Waals surface area contributed by atoms with E-state index in [2.05, 4.69) is 19.2 Å². The maximum absolute atomic E-state index is 12.3. The van der Waals surface area contributed by atoms with E-state index < -0.39 is 0 Å². The fraction of sp³-hybridized carbons (Fsp3) is 0.889. The van der Waals surface area contributed by atoms with Gasteiger partial charge in [0.05, 0.1) is 0 Å².